The second kappa shape index (κ2) is 8.62. The van der Waals surface area contributed by atoms with Gasteiger partial charge in [0.25, 0.3) is 21.8 Å². The molecule has 34 heavy (non-hydrogen) atoms. The minimum atomic E-state index is -4.68. The monoisotopic (exact) mass is 506 g/mol. The summed E-state index contributed by atoms with van der Waals surface area (Å²) in [5.74, 6) is -2.06. The second-order valence-electron chi connectivity index (χ2n) is 7.20. The van der Waals surface area contributed by atoms with E-state index in [1.54, 1.807) is 18.2 Å². The molecule has 0 aliphatic heterocycles. The summed E-state index contributed by atoms with van der Waals surface area (Å²) in [5.41, 5.74) is -1.50. The van der Waals surface area contributed by atoms with Crippen molar-refractivity contribution in [1.82, 2.24) is 9.29 Å². The highest BCUT2D eigenvalue weighted by Crippen LogP contribution is 2.30. The third kappa shape index (κ3) is 4.55. The van der Waals surface area contributed by atoms with Crippen LogP contribution in [0, 0.1) is 0 Å². The van der Waals surface area contributed by atoms with Gasteiger partial charge in [0.05, 0.1) is 16.0 Å². The lowest BCUT2D eigenvalue weighted by atomic mass is 10.1. The molecule has 0 aliphatic rings. The number of nitrogens with one attached hydrogen (secondary N) is 1. The fourth-order valence-electron chi connectivity index (χ4n) is 3.35. The Morgan fingerprint density at radius 2 is 1.56 bits per heavy atom. The standard InChI is InChI=1S/C23H14ClF3N2O4S/c24-17-8-10-18(11-9-17)34(32,33)28-21(30)20-13-14-4-1-2-7-19(14)29(20)22(31)15-5-3-6-16(12-15)23(25,26)27/h1-13H,(H,28,30). The molecular formula is C23H14ClF3N2O4S. The zero-order valence-corrected chi connectivity index (χ0v) is 18.6. The molecule has 0 spiro atoms. The number of halogens is 4. The molecule has 1 amide bonds. The first-order valence-corrected chi connectivity index (χ1v) is 11.5. The summed E-state index contributed by atoms with van der Waals surface area (Å²) in [7, 11) is -4.33. The molecule has 4 aromatic rings. The Morgan fingerprint density at radius 1 is 0.882 bits per heavy atom. The van der Waals surface area contributed by atoms with E-state index >= 15 is 0 Å². The van der Waals surface area contributed by atoms with Crippen LogP contribution in [0.25, 0.3) is 10.9 Å². The smallest absolute Gasteiger partial charge is 0.271 e. The normalized spacial score (nSPS) is 12.0. The van der Waals surface area contributed by atoms with E-state index in [-0.39, 0.29) is 26.7 Å². The molecule has 6 nitrogen and oxygen atoms in total. The van der Waals surface area contributed by atoms with Crippen molar-refractivity contribution in [3.8, 4) is 0 Å². The van der Waals surface area contributed by atoms with Gasteiger partial charge in [0.2, 0.25) is 0 Å². The van der Waals surface area contributed by atoms with E-state index in [4.69, 9.17) is 11.6 Å². The zero-order valence-electron chi connectivity index (χ0n) is 17.0. The molecule has 11 heteroatoms. The van der Waals surface area contributed by atoms with Gasteiger partial charge in [0, 0.05) is 16.0 Å². The number of hydrogen-bond donors (Lipinski definition) is 1. The number of benzene rings is 3. The van der Waals surface area contributed by atoms with Crippen LogP contribution in [0.1, 0.15) is 26.4 Å². The Labute approximate surface area is 196 Å². The lowest BCUT2D eigenvalue weighted by Crippen LogP contribution is -2.33. The van der Waals surface area contributed by atoms with Gasteiger partial charge in [-0.3, -0.25) is 14.2 Å². The lowest BCUT2D eigenvalue weighted by molar-refractivity contribution is -0.137. The van der Waals surface area contributed by atoms with Crippen molar-refractivity contribution in [2.75, 3.05) is 0 Å². The minimum Gasteiger partial charge on any atom is -0.271 e. The van der Waals surface area contributed by atoms with Crippen LogP contribution in [-0.2, 0) is 16.2 Å². The van der Waals surface area contributed by atoms with Gasteiger partial charge in [-0.2, -0.15) is 13.2 Å². The van der Waals surface area contributed by atoms with E-state index in [1.807, 2.05) is 4.72 Å². The van der Waals surface area contributed by atoms with Crippen LogP contribution in [0.4, 0.5) is 13.2 Å². The number of carbonyl (C=O) groups is 2. The molecule has 0 fully saturated rings. The van der Waals surface area contributed by atoms with Crippen molar-refractivity contribution in [3.05, 3.63) is 101 Å². The Hall–Kier alpha value is -3.63. The quantitative estimate of drug-likeness (QED) is 0.416. The summed E-state index contributed by atoms with van der Waals surface area (Å²) in [6.07, 6.45) is -4.68. The van der Waals surface area contributed by atoms with Gasteiger partial charge in [-0.1, -0.05) is 35.9 Å². The van der Waals surface area contributed by atoms with Crippen LogP contribution < -0.4 is 4.72 Å². The van der Waals surface area contributed by atoms with Crippen LogP contribution in [0.2, 0.25) is 5.02 Å². The number of alkyl halides is 3. The van der Waals surface area contributed by atoms with E-state index in [0.29, 0.717) is 11.5 Å². The molecule has 4 rings (SSSR count). The third-order valence-corrected chi connectivity index (χ3v) is 6.53. The predicted octanol–water partition coefficient (Wildman–Crippen LogP) is 5.12. The number of sulfonamides is 1. The van der Waals surface area contributed by atoms with Gasteiger partial charge in [0.1, 0.15) is 5.69 Å². The number of carbonyl (C=O) groups excluding carboxylic acids is 2. The first kappa shape index (κ1) is 23.5. The Kier molecular flexibility index (Phi) is 5.96. The molecule has 3 aromatic carbocycles. The number of aromatic nitrogens is 1. The maximum atomic E-state index is 13.3. The number of hydrogen-bond acceptors (Lipinski definition) is 4. The van der Waals surface area contributed by atoms with Gasteiger partial charge in [0.15, 0.2) is 0 Å². The average molecular weight is 507 g/mol. The van der Waals surface area contributed by atoms with Crippen molar-refractivity contribution in [2.45, 2.75) is 11.1 Å². The lowest BCUT2D eigenvalue weighted by Gasteiger charge is -2.12. The average Bonchev–Trinajstić information content (AvgIpc) is 3.18. The van der Waals surface area contributed by atoms with Crippen molar-refractivity contribution in [2.24, 2.45) is 0 Å². The summed E-state index contributed by atoms with van der Waals surface area (Å²) >= 11 is 5.77. The van der Waals surface area contributed by atoms with E-state index < -0.39 is 33.6 Å². The highest BCUT2D eigenvalue weighted by Gasteiger charge is 2.32. The topological polar surface area (TPSA) is 85.2 Å². The van der Waals surface area contributed by atoms with Crippen LogP contribution >= 0.6 is 11.6 Å². The molecule has 0 aliphatic carbocycles. The third-order valence-electron chi connectivity index (χ3n) is 4.93. The molecule has 0 saturated heterocycles. The first-order chi connectivity index (χ1) is 16.0. The number of rotatable bonds is 4. The molecule has 0 bridgehead atoms. The predicted molar refractivity (Wildman–Crippen MR) is 119 cm³/mol. The number of amides is 1. The van der Waals surface area contributed by atoms with E-state index in [2.05, 4.69) is 0 Å². The Bertz CT molecular complexity index is 1530. The Balaban J connectivity index is 1.79. The number of para-hydroxylation sites is 1. The van der Waals surface area contributed by atoms with Gasteiger partial charge < -0.3 is 0 Å². The molecule has 1 aromatic heterocycles. The molecule has 1 heterocycles. The van der Waals surface area contributed by atoms with Crippen LogP contribution in [0.3, 0.4) is 0 Å². The zero-order chi connectivity index (χ0) is 24.7. The largest absolute Gasteiger partial charge is 0.416 e. The fourth-order valence-corrected chi connectivity index (χ4v) is 4.43. The molecular weight excluding hydrogens is 493 g/mol. The summed E-state index contributed by atoms with van der Waals surface area (Å²) in [6, 6.07) is 16.4. The highest BCUT2D eigenvalue weighted by atomic mass is 35.5. The van der Waals surface area contributed by atoms with Crippen molar-refractivity contribution < 1.29 is 31.2 Å². The van der Waals surface area contributed by atoms with Crippen molar-refractivity contribution in [1.29, 1.82) is 0 Å². The fraction of sp³-hybridized carbons (Fsp3) is 0.0435. The molecule has 0 atom stereocenters. The van der Waals surface area contributed by atoms with Crippen LogP contribution in [-0.4, -0.2) is 24.8 Å². The van der Waals surface area contributed by atoms with E-state index in [1.165, 1.54) is 42.5 Å². The highest BCUT2D eigenvalue weighted by molar-refractivity contribution is 7.90. The van der Waals surface area contributed by atoms with E-state index in [0.717, 1.165) is 16.7 Å². The van der Waals surface area contributed by atoms with Crippen LogP contribution in [0.5, 0.6) is 0 Å². The summed E-state index contributed by atoms with van der Waals surface area (Å²) in [4.78, 5) is 26.0. The molecule has 0 radical (unpaired) electrons. The van der Waals surface area contributed by atoms with Gasteiger partial charge in [-0.05, 0) is 54.6 Å². The summed E-state index contributed by atoms with van der Waals surface area (Å²) in [6.45, 7) is 0. The van der Waals surface area contributed by atoms with Crippen molar-refractivity contribution >= 4 is 44.3 Å². The van der Waals surface area contributed by atoms with E-state index in [9.17, 15) is 31.2 Å². The van der Waals surface area contributed by atoms with Gasteiger partial charge in [-0.15, -0.1) is 0 Å². The molecule has 1 N–H and O–H groups in total. The summed E-state index contributed by atoms with van der Waals surface area (Å²) in [5, 5.41) is 0.703. The summed E-state index contributed by atoms with van der Waals surface area (Å²) < 4.78 is 67.5. The molecule has 0 saturated carbocycles. The van der Waals surface area contributed by atoms with Gasteiger partial charge >= 0.3 is 6.18 Å². The SMILES string of the molecule is O=C(NS(=O)(=O)c1ccc(Cl)cc1)c1cc2ccccc2n1C(=O)c1cccc(C(F)(F)F)c1. The van der Waals surface area contributed by atoms with Gasteiger partial charge in [-0.25, -0.2) is 13.1 Å². The maximum Gasteiger partial charge on any atom is 0.416 e. The van der Waals surface area contributed by atoms with Crippen molar-refractivity contribution in [3.63, 3.8) is 0 Å². The van der Waals surface area contributed by atoms with Crippen LogP contribution in [0.15, 0.2) is 83.8 Å². The minimum absolute atomic E-state index is 0.221. The number of fused-ring (bicyclic) bond motifs is 1. The second-order valence-corrected chi connectivity index (χ2v) is 9.31. The maximum absolute atomic E-state index is 13.3. The number of nitrogens with zero attached hydrogens (tertiary/aromatic N) is 1. The first-order valence-electron chi connectivity index (χ1n) is 9.62. The molecule has 0 unspecified atom stereocenters. The Morgan fingerprint density at radius 3 is 2.24 bits per heavy atom. The molecule has 174 valence electrons.